The lowest BCUT2D eigenvalue weighted by atomic mass is 9.95. The van der Waals surface area contributed by atoms with Crippen LogP contribution in [-0.4, -0.2) is 7.05 Å². The zero-order valence-corrected chi connectivity index (χ0v) is 11.2. The minimum atomic E-state index is 0.854. The van der Waals surface area contributed by atoms with Crippen LogP contribution >= 0.6 is 0 Å². The maximum absolute atomic E-state index is 3.50. The van der Waals surface area contributed by atoms with Crippen LogP contribution in [0.2, 0.25) is 0 Å². The van der Waals surface area contributed by atoms with E-state index in [0.29, 0.717) is 0 Å². The highest BCUT2D eigenvalue weighted by Crippen LogP contribution is 2.48. The number of allylic oxidation sites excluding steroid dienone is 2. The second-order valence-electron chi connectivity index (χ2n) is 5.81. The van der Waals surface area contributed by atoms with Gasteiger partial charge in [-0.05, 0) is 43.9 Å². The highest BCUT2D eigenvalue weighted by molar-refractivity contribution is 5.16. The smallest absolute Gasteiger partial charge is 0.0125 e. The van der Waals surface area contributed by atoms with Gasteiger partial charge < -0.3 is 5.32 Å². The molecule has 1 heteroatoms. The van der Waals surface area contributed by atoms with Crippen molar-refractivity contribution < 1.29 is 0 Å². The van der Waals surface area contributed by atoms with Crippen LogP contribution in [0.3, 0.4) is 0 Å². The van der Waals surface area contributed by atoms with Crippen molar-refractivity contribution in [1.29, 1.82) is 0 Å². The van der Waals surface area contributed by atoms with Gasteiger partial charge in [-0.1, -0.05) is 38.2 Å². The summed E-state index contributed by atoms with van der Waals surface area (Å²) in [5, 5.41) is 3.50. The van der Waals surface area contributed by atoms with Crippen LogP contribution in [-0.2, 0) is 0 Å². The number of rotatable bonds is 4. The average Bonchev–Trinajstić information content (AvgIpc) is 2.79. The molecule has 2 atom stereocenters. The molecule has 2 rings (SSSR count). The number of hydrogen-bond acceptors (Lipinski definition) is 1. The summed E-state index contributed by atoms with van der Waals surface area (Å²) in [6, 6.07) is 0. The molecule has 0 heterocycles. The van der Waals surface area contributed by atoms with E-state index in [2.05, 4.69) is 26.2 Å². The van der Waals surface area contributed by atoms with Crippen molar-refractivity contribution in [2.24, 2.45) is 17.8 Å². The summed E-state index contributed by atoms with van der Waals surface area (Å²) in [5.74, 6) is 2.97. The van der Waals surface area contributed by atoms with Crippen molar-refractivity contribution >= 4 is 0 Å². The first-order chi connectivity index (χ1) is 7.76. The maximum Gasteiger partial charge on any atom is 0.0125 e. The molecular formula is C15H27N. The second kappa shape index (κ2) is 5.25. The maximum atomic E-state index is 3.50. The van der Waals surface area contributed by atoms with Gasteiger partial charge in [0.1, 0.15) is 0 Å². The molecule has 2 aliphatic carbocycles. The Labute approximate surface area is 101 Å². The third-order valence-corrected chi connectivity index (χ3v) is 4.75. The van der Waals surface area contributed by atoms with Crippen LogP contribution in [0.25, 0.3) is 0 Å². The molecule has 0 amide bonds. The Bertz CT molecular complexity index is 255. The Balaban J connectivity index is 2.03. The molecule has 16 heavy (non-hydrogen) atoms. The molecular weight excluding hydrogens is 194 g/mol. The molecule has 2 fully saturated rings. The van der Waals surface area contributed by atoms with Gasteiger partial charge in [-0.15, -0.1) is 0 Å². The summed E-state index contributed by atoms with van der Waals surface area (Å²) in [6.07, 6.45) is 9.97. The van der Waals surface area contributed by atoms with Crippen LogP contribution in [0, 0.1) is 17.8 Å². The van der Waals surface area contributed by atoms with E-state index in [1.165, 1.54) is 44.9 Å². The van der Waals surface area contributed by atoms with Crippen LogP contribution in [0.5, 0.6) is 0 Å². The molecule has 2 aliphatic rings. The first-order valence-corrected chi connectivity index (χ1v) is 7.13. The second-order valence-corrected chi connectivity index (χ2v) is 5.81. The number of nitrogens with one attached hydrogen (secondary N) is 1. The van der Waals surface area contributed by atoms with Crippen LogP contribution in [0.15, 0.2) is 11.3 Å². The van der Waals surface area contributed by atoms with Crippen molar-refractivity contribution in [3.63, 3.8) is 0 Å². The molecule has 0 aromatic heterocycles. The zero-order valence-electron chi connectivity index (χ0n) is 11.2. The van der Waals surface area contributed by atoms with Gasteiger partial charge in [0.05, 0.1) is 0 Å². The van der Waals surface area contributed by atoms with E-state index in [1.54, 1.807) is 11.3 Å². The number of fused-ring (bicyclic) bond motifs is 1. The largest absolute Gasteiger partial charge is 0.391 e. The molecule has 0 bridgehead atoms. The van der Waals surface area contributed by atoms with Crippen molar-refractivity contribution in [2.75, 3.05) is 7.05 Å². The van der Waals surface area contributed by atoms with Crippen molar-refractivity contribution in [3.05, 3.63) is 11.3 Å². The molecule has 0 saturated heterocycles. The van der Waals surface area contributed by atoms with Gasteiger partial charge in [0, 0.05) is 12.7 Å². The lowest BCUT2D eigenvalue weighted by molar-refractivity contribution is 0.457. The molecule has 0 spiro atoms. The molecule has 1 N–H and O–H groups in total. The normalized spacial score (nSPS) is 34.8. The van der Waals surface area contributed by atoms with Gasteiger partial charge in [-0.25, -0.2) is 0 Å². The van der Waals surface area contributed by atoms with Gasteiger partial charge in [0.15, 0.2) is 0 Å². The van der Waals surface area contributed by atoms with E-state index in [1.807, 2.05) is 0 Å². The fraction of sp³-hybridized carbons (Fsp3) is 0.867. The lowest BCUT2D eigenvalue weighted by Gasteiger charge is -2.19. The Hall–Kier alpha value is -0.460. The van der Waals surface area contributed by atoms with E-state index < -0.39 is 0 Å². The SMILES string of the molecule is CCC/C(C)=C(/NC)C1CC2CCCC2C1. The Morgan fingerprint density at radius 3 is 2.31 bits per heavy atom. The minimum absolute atomic E-state index is 0.854. The van der Waals surface area contributed by atoms with E-state index >= 15 is 0 Å². The van der Waals surface area contributed by atoms with Gasteiger partial charge in [0.25, 0.3) is 0 Å². The van der Waals surface area contributed by atoms with Crippen molar-refractivity contribution in [2.45, 2.75) is 58.8 Å². The standard InChI is InChI=1S/C15H27N/c1-4-6-11(2)15(16-3)14-9-12-7-5-8-13(12)10-14/h12-14,16H,4-10H2,1-3H3/b15-11+. The molecule has 1 nitrogen and oxygen atoms in total. The quantitative estimate of drug-likeness (QED) is 0.753. The third kappa shape index (κ3) is 2.28. The first kappa shape index (κ1) is 12.0. The molecule has 0 radical (unpaired) electrons. The summed E-state index contributed by atoms with van der Waals surface area (Å²) in [6.45, 7) is 4.60. The predicted molar refractivity (Wildman–Crippen MR) is 70.2 cm³/mol. The summed E-state index contributed by atoms with van der Waals surface area (Å²) in [4.78, 5) is 0. The minimum Gasteiger partial charge on any atom is -0.391 e. The van der Waals surface area contributed by atoms with Crippen molar-refractivity contribution in [3.8, 4) is 0 Å². The van der Waals surface area contributed by atoms with E-state index in [0.717, 1.165) is 17.8 Å². The molecule has 2 saturated carbocycles. The molecule has 0 aromatic carbocycles. The molecule has 2 unspecified atom stereocenters. The molecule has 0 aromatic rings. The summed E-state index contributed by atoms with van der Waals surface area (Å²) < 4.78 is 0. The predicted octanol–water partition coefficient (Wildman–Crippen LogP) is 4.11. The molecule has 92 valence electrons. The highest BCUT2D eigenvalue weighted by Gasteiger charge is 2.38. The summed E-state index contributed by atoms with van der Waals surface area (Å²) in [7, 11) is 2.11. The van der Waals surface area contributed by atoms with Crippen LogP contribution < -0.4 is 5.32 Å². The van der Waals surface area contributed by atoms with Gasteiger partial charge in [-0.2, -0.15) is 0 Å². The zero-order chi connectivity index (χ0) is 11.5. The van der Waals surface area contributed by atoms with E-state index in [-0.39, 0.29) is 0 Å². The Morgan fingerprint density at radius 2 is 1.81 bits per heavy atom. The van der Waals surface area contributed by atoms with Crippen LogP contribution in [0.1, 0.15) is 58.8 Å². The third-order valence-electron chi connectivity index (χ3n) is 4.75. The van der Waals surface area contributed by atoms with Gasteiger partial charge in [-0.3, -0.25) is 0 Å². The molecule has 0 aliphatic heterocycles. The fourth-order valence-corrected chi connectivity index (χ4v) is 4.07. The van der Waals surface area contributed by atoms with Gasteiger partial charge >= 0.3 is 0 Å². The topological polar surface area (TPSA) is 12.0 Å². The van der Waals surface area contributed by atoms with Gasteiger partial charge in [0.2, 0.25) is 0 Å². The lowest BCUT2D eigenvalue weighted by Crippen LogP contribution is -2.17. The fourth-order valence-electron chi connectivity index (χ4n) is 4.07. The Kier molecular flexibility index (Phi) is 3.94. The van der Waals surface area contributed by atoms with Crippen LogP contribution in [0.4, 0.5) is 0 Å². The van der Waals surface area contributed by atoms with Crippen molar-refractivity contribution in [1.82, 2.24) is 5.32 Å². The average molecular weight is 221 g/mol. The monoisotopic (exact) mass is 221 g/mol. The van der Waals surface area contributed by atoms with E-state index in [9.17, 15) is 0 Å². The summed E-state index contributed by atoms with van der Waals surface area (Å²) >= 11 is 0. The summed E-state index contributed by atoms with van der Waals surface area (Å²) in [5.41, 5.74) is 3.19. The highest BCUT2D eigenvalue weighted by atomic mass is 14.8. The Morgan fingerprint density at radius 1 is 1.19 bits per heavy atom. The van der Waals surface area contributed by atoms with E-state index in [4.69, 9.17) is 0 Å². The number of hydrogen-bond donors (Lipinski definition) is 1. The first-order valence-electron chi connectivity index (χ1n) is 7.13.